The first-order valence-corrected chi connectivity index (χ1v) is 6.62. The molecular formula is C13H20N2O4. The lowest BCUT2D eigenvalue weighted by Crippen LogP contribution is -2.24. The zero-order valence-corrected chi connectivity index (χ0v) is 11.4. The van der Waals surface area contributed by atoms with Crippen molar-refractivity contribution < 1.29 is 19.2 Å². The first-order valence-electron chi connectivity index (χ1n) is 6.62. The van der Waals surface area contributed by atoms with E-state index in [0.717, 1.165) is 25.7 Å². The van der Waals surface area contributed by atoms with Crippen LogP contribution in [0.15, 0.2) is 4.52 Å². The van der Waals surface area contributed by atoms with Crippen LogP contribution < -0.4 is 0 Å². The quantitative estimate of drug-likeness (QED) is 0.852. The van der Waals surface area contributed by atoms with Crippen LogP contribution in [0.4, 0.5) is 0 Å². The van der Waals surface area contributed by atoms with E-state index >= 15 is 0 Å². The number of aromatic nitrogens is 2. The van der Waals surface area contributed by atoms with Crippen molar-refractivity contribution in [2.75, 3.05) is 7.11 Å². The minimum Gasteiger partial charge on any atom is -0.481 e. The number of carboxylic acid groups (broad SMARTS) is 1. The summed E-state index contributed by atoms with van der Waals surface area (Å²) < 4.78 is 10.4. The molecule has 1 saturated carbocycles. The molecule has 1 fully saturated rings. The average molecular weight is 268 g/mol. The Morgan fingerprint density at radius 1 is 1.53 bits per heavy atom. The van der Waals surface area contributed by atoms with Gasteiger partial charge in [-0.25, -0.2) is 0 Å². The molecule has 0 radical (unpaired) electrons. The topological polar surface area (TPSA) is 85.5 Å². The summed E-state index contributed by atoms with van der Waals surface area (Å²) in [6.07, 6.45) is 4.48. The number of aliphatic carboxylic acids is 1. The molecule has 0 aromatic carbocycles. The van der Waals surface area contributed by atoms with Crippen LogP contribution in [0.25, 0.3) is 0 Å². The minimum atomic E-state index is -0.758. The molecule has 0 spiro atoms. The van der Waals surface area contributed by atoms with Gasteiger partial charge in [0.2, 0.25) is 5.89 Å². The number of carboxylic acids is 1. The van der Waals surface area contributed by atoms with Crippen LogP contribution in [0.2, 0.25) is 0 Å². The third-order valence-electron chi connectivity index (χ3n) is 3.92. The number of methoxy groups -OCH3 is 1. The summed E-state index contributed by atoms with van der Waals surface area (Å²) in [4.78, 5) is 15.3. The summed E-state index contributed by atoms with van der Waals surface area (Å²) in [5.74, 6) is 0.273. The van der Waals surface area contributed by atoms with Gasteiger partial charge in [-0.1, -0.05) is 18.0 Å². The summed E-state index contributed by atoms with van der Waals surface area (Å²) in [5.41, 5.74) is -0.216. The summed E-state index contributed by atoms with van der Waals surface area (Å²) in [7, 11) is 1.59. The van der Waals surface area contributed by atoms with E-state index < -0.39 is 5.97 Å². The van der Waals surface area contributed by atoms with E-state index in [4.69, 9.17) is 14.4 Å². The highest BCUT2D eigenvalue weighted by atomic mass is 16.5. The Morgan fingerprint density at radius 2 is 2.21 bits per heavy atom. The van der Waals surface area contributed by atoms with E-state index in [1.54, 1.807) is 7.11 Å². The van der Waals surface area contributed by atoms with Crippen LogP contribution >= 0.6 is 0 Å². The lowest BCUT2D eigenvalue weighted by Gasteiger charge is -2.24. The molecule has 19 heavy (non-hydrogen) atoms. The molecule has 0 bridgehead atoms. The van der Waals surface area contributed by atoms with E-state index in [2.05, 4.69) is 10.1 Å². The molecule has 1 aliphatic rings. The first-order chi connectivity index (χ1) is 9.04. The van der Waals surface area contributed by atoms with Gasteiger partial charge in [-0.15, -0.1) is 0 Å². The van der Waals surface area contributed by atoms with E-state index in [9.17, 15) is 4.79 Å². The lowest BCUT2D eigenvalue weighted by molar-refractivity contribution is -0.139. The predicted molar refractivity (Wildman–Crippen MR) is 66.6 cm³/mol. The van der Waals surface area contributed by atoms with Gasteiger partial charge in [0.05, 0.1) is 6.42 Å². The molecular weight excluding hydrogens is 248 g/mol. The SMILES string of the molecule is COC(C)c1noc(CC2(CC(=O)O)CCCC2)n1. The molecule has 1 heterocycles. The van der Waals surface area contributed by atoms with Crippen molar-refractivity contribution in [2.45, 2.75) is 51.6 Å². The van der Waals surface area contributed by atoms with Crippen LogP contribution in [0.5, 0.6) is 0 Å². The molecule has 2 rings (SSSR count). The molecule has 0 saturated heterocycles. The Kier molecular flexibility index (Phi) is 4.19. The number of hydrogen-bond acceptors (Lipinski definition) is 5. The summed E-state index contributed by atoms with van der Waals surface area (Å²) in [5, 5.41) is 12.9. The fraction of sp³-hybridized carbons (Fsp3) is 0.769. The highest BCUT2D eigenvalue weighted by Crippen LogP contribution is 2.43. The van der Waals surface area contributed by atoms with Crippen LogP contribution in [-0.4, -0.2) is 28.3 Å². The Labute approximate surface area is 112 Å². The van der Waals surface area contributed by atoms with E-state index in [-0.39, 0.29) is 17.9 Å². The Morgan fingerprint density at radius 3 is 2.79 bits per heavy atom. The second-order valence-corrected chi connectivity index (χ2v) is 5.38. The van der Waals surface area contributed by atoms with Crippen molar-refractivity contribution in [3.63, 3.8) is 0 Å². The van der Waals surface area contributed by atoms with Gasteiger partial charge in [0, 0.05) is 13.5 Å². The lowest BCUT2D eigenvalue weighted by atomic mass is 9.79. The Hall–Kier alpha value is -1.43. The van der Waals surface area contributed by atoms with E-state index in [0.29, 0.717) is 18.1 Å². The molecule has 1 aromatic heterocycles. The van der Waals surface area contributed by atoms with Crippen LogP contribution in [0, 0.1) is 5.41 Å². The fourth-order valence-corrected chi connectivity index (χ4v) is 2.79. The zero-order chi connectivity index (χ0) is 13.9. The molecule has 1 aromatic rings. The van der Waals surface area contributed by atoms with Crippen LogP contribution in [0.3, 0.4) is 0 Å². The summed E-state index contributed by atoms with van der Waals surface area (Å²) in [6.45, 7) is 1.84. The van der Waals surface area contributed by atoms with Gasteiger partial charge in [0.15, 0.2) is 5.82 Å². The van der Waals surface area contributed by atoms with Crippen molar-refractivity contribution in [3.8, 4) is 0 Å². The van der Waals surface area contributed by atoms with Crippen LogP contribution in [-0.2, 0) is 16.0 Å². The van der Waals surface area contributed by atoms with Crippen LogP contribution in [0.1, 0.15) is 56.8 Å². The molecule has 1 aliphatic carbocycles. The number of ether oxygens (including phenoxy) is 1. The van der Waals surface area contributed by atoms with Crippen molar-refractivity contribution in [2.24, 2.45) is 5.41 Å². The minimum absolute atomic E-state index is 0.171. The van der Waals surface area contributed by atoms with E-state index in [1.807, 2.05) is 6.92 Å². The monoisotopic (exact) mass is 268 g/mol. The van der Waals surface area contributed by atoms with Crippen molar-refractivity contribution >= 4 is 5.97 Å². The highest BCUT2D eigenvalue weighted by Gasteiger charge is 2.38. The maximum absolute atomic E-state index is 11.0. The van der Waals surface area contributed by atoms with Crippen molar-refractivity contribution in [1.29, 1.82) is 0 Å². The number of carbonyl (C=O) groups is 1. The van der Waals surface area contributed by atoms with Gasteiger partial charge in [-0.05, 0) is 25.2 Å². The van der Waals surface area contributed by atoms with Gasteiger partial charge >= 0.3 is 5.97 Å². The molecule has 6 heteroatoms. The molecule has 0 aliphatic heterocycles. The van der Waals surface area contributed by atoms with Gasteiger partial charge in [0.1, 0.15) is 6.10 Å². The summed E-state index contributed by atoms with van der Waals surface area (Å²) in [6, 6.07) is 0. The van der Waals surface area contributed by atoms with Crippen molar-refractivity contribution in [3.05, 3.63) is 11.7 Å². The summed E-state index contributed by atoms with van der Waals surface area (Å²) >= 11 is 0. The normalized spacial score (nSPS) is 19.5. The second kappa shape index (κ2) is 5.69. The maximum Gasteiger partial charge on any atom is 0.303 e. The molecule has 1 N–H and O–H groups in total. The third kappa shape index (κ3) is 3.32. The Balaban J connectivity index is 2.09. The average Bonchev–Trinajstić information content (AvgIpc) is 2.98. The zero-order valence-electron chi connectivity index (χ0n) is 11.4. The molecule has 1 unspecified atom stereocenters. The first kappa shape index (κ1) is 14.0. The molecule has 1 atom stereocenters. The number of nitrogens with zero attached hydrogens (tertiary/aromatic N) is 2. The van der Waals surface area contributed by atoms with E-state index in [1.165, 1.54) is 0 Å². The molecule has 0 amide bonds. The largest absolute Gasteiger partial charge is 0.481 e. The molecule has 106 valence electrons. The fourth-order valence-electron chi connectivity index (χ4n) is 2.79. The van der Waals surface area contributed by atoms with Crippen molar-refractivity contribution in [1.82, 2.24) is 10.1 Å². The third-order valence-corrected chi connectivity index (χ3v) is 3.92. The smallest absolute Gasteiger partial charge is 0.303 e. The maximum atomic E-state index is 11.0. The van der Waals surface area contributed by atoms with Gasteiger partial charge < -0.3 is 14.4 Å². The standard InChI is InChI=1S/C13H20N2O4/c1-9(18-2)12-14-10(19-15-12)7-13(8-11(16)17)5-3-4-6-13/h9H,3-8H2,1-2H3,(H,16,17). The number of hydrogen-bond donors (Lipinski definition) is 1. The van der Waals surface area contributed by atoms with Gasteiger partial charge in [-0.3, -0.25) is 4.79 Å². The highest BCUT2D eigenvalue weighted by molar-refractivity contribution is 5.67. The second-order valence-electron chi connectivity index (χ2n) is 5.38. The van der Waals surface area contributed by atoms with Gasteiger partial charge in [-0.2, -0.15) is 4.98 Å². The van der Waals surface area contributed by atoms with Gasteiger partial charge in [0.25, 0.3) is 0 Å². The number of rotatable bonds is 6. The predicted octanol–water partition coefficient (Wildman–Crippen LogP) is 2.35. The molecule has 6 nitrogen and oxygen atoms in total. The Bertz CT molecular complexity index is 438.